The highest BCUT2D eigenvalue weighted by molar-refractivity contribution is 7.22. The number of nitrogens with one attached hydrogen (secondary N) is 1. The second kappa shape index (κ2) is 10.0. The smallest absolute Gasteiger partial charge is 0.244 e. The van der Waals surface area contributed by atoms with E-state index in [1.807, 2.05) is 43.3 Å². The lowest BCUT2D eigenvalue weighted by Crippen LogP contribution is -2.48. The van der Waals surface area contributed by atoms with Gasteiger partial charge in [0.2, 0.25) is 5.91 Å². The molecule has 0 saturated carbocycles. The SMILES string of the molecule is Cc1c(Cl)ccc2sc(N3CCN(CCNC(=O)/C=C/c4ccccc4Cl)CC3)nc12. The minimum Gasteiger partial charge on any atom is -0.351 e. The van der Waals surface area contributed by atoms with Crippen molar-refractivity contribution in [3.63, 3.8) is 0 Å². The van der Waals surface area contributed by atoms with Gasteiger partial charge in [-0.2, -0.15) is 0 Å². The molecule has 31 heavy (non-hydrogen) atoms. The summed E-state index contributed by atoms with van der Waals surface area (Å²) in [4.78, 5) is 21.6. The summed E-state index contributed by atoms with van der Waals surface area (Å²) in [6.07, 6.45) is 3.27. The van der Waals surface area contributed by atoms with Gasteiger partial charge in [-0.05, 0) is 42.3 Å². The van der Waals surface area contributed by atoms with Gasteiger partial charge in [0.25, 0.3) is 0 Å². The number of hydrogen-bond acceptors (Lipinski definition) is 5. The molecule has 2 heterocycles. The van der Waals surface area contributed by atoms with E-state index >= 15 is 0 Å². The first-order valence-electron chi connectivity index (χ1n) is 10.2. The third-order valence-corrected chi connectivity index (χ3v) is 7.26. The normalized spacial score (nSPS) is 15.1. The number of piperazine rings is 1. The van der Waals surface area contributed by atoms with Crippen molar-refractivity contribution in [2.45, 2.75) is 6.92 Å². The van der Waals surface area contributed by atoms with E-state index in [0.29, 0.717) is 11.6 Å². The highest BCUT2D eigenvalue weighted by atomic mass is 35.5. The fraction of sp³-hybridized carbons (Fsp3) is 0.304. The molecule has 4 rings (SSSR count). The molecule has 3 aromatic rings. The van der Waals surface area contributed by atoms with Crippen LogP contribution < -0.4 is 10.2 Å². The number of anilines is 1. The Labute approximate surface area is 196 Å². The van der Waals surface area contributed by atoms with Crippen LogP contribution in [-0.4, -0.2) is 55.1 Å². The zero-order valence-corrected chi connectivity index (χ0v) is 19.6. The van der Waals surface area contributed by atoms with Crippen molar-refractivity contribution in [1.29, 1.82) is 0 Å². The van der Waals surface area contributed by atoms with Gasteiger partial charge < -0.3 is 10.2 Å². The van der Waals surface area contributed by atoms with Crippen LogP contribution in [0, 0.1) is 6.92 Å². The Morgan fingerprint density at radius 3 is 2.68 bits per heavy atom. The first-order chi connectivity index (χ1) is 15.0. The van der Waals surface area contributed by atoms with Gasteiger partial charge in [0.05, 0.1) is 10.2 Å². The molecule has 1 N–H and O–H groups in total. The van der Waals surface area contributed by atoms with E-state index in [2.05, 4.69) is 15.1 Å². The number of fused-ring (bicyclic) bond motifs is 1. The van der Waals surface area contributed by atoms with Crippen LogP contribution in [0.4, 0.5) is 5.13 Å². The van der Waals surface area contributed by atoms with Gasteiger partial charge in [0.15, 0.2) is 5.13 Å². The van der Waals surface area contributed by atoms with Gasteiger partial charge in [-0.15, -0.1) is 0 Å². The first kappa shape index (κ1) is 22.1. The fourth-order valence-corrected chi connectivity index (χ4v) is 4.99. The number of carbonyl (C=O) groups is 1. The number of benzene rings is 2. The quantitative estimate of drug-likeness (QED) is 0.518. The van der Waals surface area contributed by atoms with Gasteiger partial charge in [0.1, 0.15) is 0 Å². The largest absolute Gasteiger partial charge is 0.351 e. The average Bonchev–Trinajstić information content (AvgIpc) is 3.21. The number of hydrogen-bond donors (Lipinski definition) is 1. The van der Waals surface area contributed by atoms with Gasteiger partial charge in [-0.25, -0.2) is 4.98 Å². The van der Waals surface area contributed by atoms with Crippen LogP contribution in [-0.2, 0) is 4.79 Å². The maximum Gasteiger partial charge on any atom is 0.244 e. The molecule has 0 spiro atoms. The maximum atomic E-state index is 12.1. The highest BCUT2D eigenvalue weighted by Gasteiger charge is 2.20. The summed E-state index contributed by atoms with van der Waals surface area (Å²) in [6.45, 7) is 7.20. The number of thiazole rings is 1. The second-order valence-electron chi connectivity index (χ2n) is 7.49. The van der Waals surface area contributed by atoms with Crippen molar-refractivity contribution < 1.29 is 4.79 Å². The van der Waals surface area contributed by atoms with Crippen LogP contribution in [0.2, 0.25) is 10.0 Å². The summed E-state index contributed by atoms with van der Waals surface area (Å²) < 4.78 is 1.17. The molecule has 5 nitrogen and oxygen atoms in total. The molecule has 1 aliphatic heterocycles. The highest BCUT2D eigenvalue weighted by Crippen LogP contribution is 2.33. The lowest BCUT2D eigenvalue weighted by molar-refractivity contribution is -0.116. The molecule has 0 unspecified atom stereocenters. The number of nitrogens with zero attached hydrogens (tertiary/aromatic N) is 3. The van der Waals surface area contributed by atoms with Crippen LogP contribution in [0.5, 0.6) is 0 Å². The summed E-state index contributed by atoms with van der Waals surface area (Å²) in [7, 11) is 0. The number of rotatable bonds is 6. The fourth-order valence-electron chi connectivity index (χ4n) is 3.56. The Morgan fingerprint density at radius 1 is 1.13 bits per heavy atom. The van der Waals surface area contributed by atoms with Crippen LogP contribution in [0.15, 0.2) is 42.5 Å². The minimum atomic E-state index is -0.109. The van der Waals surface area contributed by atoms with Crippen molar-refractivity contribution in [2.24, 2.45) is 0 Å². The van der Waals surface area contributed by atoms with E-state index in [-0.39, 0.29) is 5.91 Å². The maximum absolute atomic E-state index is 12.1. The lowest BCUT2D eigenvalue weighted by atomic mass is 10.2. The van der Waals surface area contributed by atoms with Crippen molar-refractivity contribution >= 4 is 61.9 Å². The summed E-state index contributed by atoms with van der Waals surface area (Å²) in [5, 5.41) is 5.40. The Morgan fingerprint density at radius 2 is 1.90 bits per heavy atom. The van der Waals surface area contributed by atoms with Crippen molar-refractivity contribution in [2.75, 3.05) is 44.2 Å². The van der Waals surface area contributed by atoms with Gasteiger partial charge in [-0.3, -0.25) is 9.69 Å². The molecule has 1 fully saturated rings. The Kier molecular flexibility index (Phi) is 7.13. The zero-order valence-electron chi connectivity index (χ0n) is 17.3. The monoisotopic (exact) mass is 474 g/mol. The van der Waals surface area contributed by atoms with E-state index in [1.165, 1.54) is 10.8 Å². The Balaban J connectivity index is 1.23. The van der Waals surface area contributed by atoms with E-state index < -0.39 is 0 Å². The molecule has 0 aliphatic carbocycles. The van der Waals surface area contributed by atoms with E-state index in [4.69, 9.17) is 28.2 Å². The minimum absolute atomic E-state index is 0.109. The van der Waals surface area contributed by atoms with Gasteiger partial charge >= 0.3 is 0 Å². The Hall–Kier alpha value is -2.12. The summed E-state index contributed by atoms with van der Waals surface area (Å²) >= 11 is 14.1. The van der Waals surface area contributed by atoms with Crippen LogP contribution in [0.25, 0.3) is 16.3 Å². The van der Waals surface area contributed by atoms with E-state index in [1.54, 1.807) is 17.4 Å². The predicted molar refractivity (Wildman–Crippen MR) is 132 cm³/mol. The summed E-state index contributed by atoms with van der Waals surface area (Å²) in [5.74, 6) is -0.109. The molecule has 0 radical (unpaired) electrons. The number of carbonyl (C=O) groups excluding carboxylic acids is 1. The molecule has 1 saturated heterocycles. The first-order valence-corrected chi connectivity index (χ1v) is 11.8. The topological polar surface area (TPSA) is 48.5 Å². The van der Waals surface area contributed by atoms with Crippen molar-refractivity contribution in [3.8, 4) is 0 Å². The predicted octanol–water partition coefficient (Wildman–Crippen LogP) is 4.86. The van der Waals surface area contributed by atoms with Crippen LogP contribution in [0.3, 0.4) is 0 Å². The number of halogens is 2. The van der Waals surface area contributed by atoms with Crippen molar-refractivity contribution in [1.82, 2.24) is 15.2 Å². The molecule has 162 valence electrons. The summed E-state index contributed by atoms with van der Waals surface area (Å²) in [5.41, 5.74) is 2.88. The van der Waals surface area contributed by atoms with E-state index in [9.17, 15) is 4.79 Å². The Bertz CT molecular complexity index is 1110. The molecule has 1 amide bonds. The van der Waals surface area contributed by atoms with E-state index in [0.717, 1.165) is 59.5 Å². The zero-order chi connectivity index (χ0) is 21.8. The third-order valence-electron chi connectivity index (χ3n) is 5.43. The summed E-state index contributed by atoms with van der Waals surface area (Å²) in [6, 6.07) is 11.4. The van der Waals surface area contributed by atoms with Crippen molar-refractivity contribution in [3.05, 3.63) is 63.6 Å². The van der Waals surface area contributed by atoms with Crippen LogP contribution in [0.1, 0.15) is 11.1 Å². The molecular weight excluding hydrogens is 451 g/mol. The standard InChI is InChI=1S/C23H24Cl2N4OS/c1-16-18(24)7-8-20-22(16)27-23(31-20)29-14-12-28(13-15-29)11-10-26-21(30)9-6-17-4-2-3-5-19(17)25/h2-9H,10-15H2,1H3,(H,26,30)/b9-6+. The second-order valence-corrected chi connectivity index (χ2v) is 9.31. The number of aromatic nitrogens is 1. The molecule has 0 bridgehead atoms. The lowest BCUT2D eigenvalue weighted by Gasteiger charge is -2.34. The average molecular weight is 475 g/mol. The molecule has 2 aromatic carbocycles. The molecule has 1 aliphatic rings. The molecular formula is C23H24Cl2N4OS. The molecule has 0 atom stereocenters. The number of aryl methyl sites for hydroxylation is 1. The number of amides is 1. The van der Waals surface area contributed by atoms with Crippen LogP contribution >= 0.6 is 34.5 Å². The molecule has 1 aromatic heterocycles. The van der Waals surface area contributed by atoms with Gasteiger partial charge in [-0.1, -0.05) is 52.7 Å². The van der Waals surface area contributed by atoms with Gasteiger partial charge in [0, 0.05) is 55.4 Å². The third kappa shape index (κ3) is 5.39. The molecule has 8 heteroatoms.